The first-order valence-corrected chi connectivity index (χ1v) is 7.54. The predicted molar refractivity (Wildman–Crippen MR) is 69.2 cm³/mol. The maximum Gasteiger partial charge on any atom is 0.0643 e. The average molecular weight is 242 g/mol. The second kappa shape index (κ2) is 6.18. The van der Waals surface area contributed by atoms with Gasteiger partial charge in [-0.3, -0.25) is 8.89 Å². The van der Waals surface area contributed by atoms with Crippen molar-refractivity contribution in [3.05, 3.63) is 18.0 Å². The molecule has 0 amide bonds. The molecule has 0 radical (unpaired) electrons. The summed E-state index contributed by atoms with van der Waals surface area (Å²) in [5, 5.41) is 4.34. The Morgan fingerprint density at radius 2 is 2.19 bits per heavy atom. The zero-order valence-corrected chi connectivity index (χ0v) is 11.5. The Balaban J connectivity index is 0.000000606. The minimum absolute atomic E-state index is 0.364. The minimum atomic E-state index is -0.616. The molecule has 1 fully saturated rings. The van der Waals surface area contributed by atoms with Gasteiger partial charge >= 0.3 is 0 Å². The van der Waals surface area contributed by atoms with Gasteiger partial charge in [0.1, 0.15) is 0 Å². The van der Waals surface area contributed by atoms with Crippen molar-refractivity contribution in [3.8, 4) is 0 Å². The fourth-order valence-electron chi connectivity index (χ4n) is 1.71. The monoisotopic (exact) mass is 242 g/mol. The average Bonchev–Trinajstić information content (AvgIpc) is 2.88. The Morgan fingerprint density at radius 3 is 2.62 bits per heavy atom. The van der Waals surface area contributed by atoms with E-state index in [0.717, 1.165) is 17.9 Å². The zero-order chi connectivity index (χ0) is 12.1. The molecule has 1 aromatic rings. The molecule has 3 nitrogen and oxygen atoms in total. The van der Waals surface area contributed by atoms with Gasteiger partial charge in [-0.15, -0.1) is 0 Å². The summed E-state index contributed by atoms with van der Waals surface area (Å²) in [6, 6.07) is 0.364. The lowest BCUT2D eigenvalue weighted by molar-refractivity contribution is 0.500. The Bertz CT molecular complexity index is 347. The van der Waals surface area contributed by atoms with Crippen molar-refractivity contribution < 1.29 is 4.21 Å². The molecule has 92 valence electrons. The summed E-state index contributed by atoms with van der Waals surface area (Å²) in [6.07, 6.45) is 5.02. The van der Waals surface area contributed by atoms with Gasteiger partial charge in [0.05, 0.1) is 12.2 Å². The van der Waals surface area contributed by atoms with Crippen molar-refractivity contribution in [2.24, 2.45) is 0 Å². The zero-order valence-electron chi connectivity index (χ0n) is 10.6. The number of nitrogens with zero attached hydrogens (tertiary/aromatic N) is 2. The number of rotatable bonds is 2. The van der Waals surface area contributed by atoms with Crippen molar-refractivity contribution in [3.63, 3.8) is 0 Å². The van der Waals surface area contributed by atoms with Crippen LogP contribution in [0.2, 0.25) is 0 Å². The number of hydrogen-bond acceptors (Lipinski definition) is 2. The first kappa shape index (κ1) is 13.4. The molecule has 2 unspecified atom stereocenters. The van der Waals surface area contributed by atoms with Gasteiger partial charge in [0.2, 0.25) is 0 Å². The van der Waals surface area contributed by atoms with E-state index in [1.54, 1.807) is 0 Å². The quantitative estimate of drug-likeness (QED) is 0.799. The lowest BCUT2D eigenvalue weighted by Crippen LogP contribution is -2.09. The molecule has 2 heterocycles. The van der Waals surface area contributed by atoms with E-state index in [9.17, 15) is 4.21 Å². The van der Waals surface area contributed by atoms with Gasteiger partial charge in [-0.2, -0.15) is 5.10 Å². The fourth-order valence-corrected chi connectivity index (χ4v) is 3.16. The molecule has 4 heteroatoms. The molecular weight excluding hydrogens is 220 g/mol. The summed E-state index contributed by atoms with van der Waals surface area (Å²) in [5.41, 5.74) is 1.27. The molecular formula is C12H22N2OS. The highest BCUT2D eigenvalue weighted by Crippen LogP contribution is 2.22. The lowest BCUT2D eigenvalue weighted by atomic mass is 10.1. The van der Waals surface area contributed by atoms with E-state index in [4.69, 9.17) is 0 Å². The van der Waals surface area contributed by atoms with Gasteiger partial charge in [0, 0.05) is 28.5 Å². The van der Waals surface area contributed by atoms with Crippen LogP contribution in [0.25, 0.3) is 0 Å². The fraction of sp³-hybridized carbons (Fsp3) is 0.750. The third kappa shape index (κ3) is 3.17. The summed E-state index contributed by atoms with van der Waals surface area (Å²) in [7, 11) is -0.616. The first-order chi connectivity index (χ1) is 7.66. The molecule has 1 saturated heterocycles. The van der Waals surface area contributed by atoms with Crippen LogP contribution in [0.3, 0.4) is 0 Å². The largest absolute Gasteiger partial charge is 0.268 e. The molecule has 16 heavy (non-hydrogen) atoms. The molecule has 0 bridgehead atoms. The second-order valence-corrected chi connectivity index (χ2v) is 5.78. The van der Waals surface area contributed by atoms with Crippen LogP contribution in [0.15, 0.2) is 12.4 Å². The highest BCUT2D eigenvalue weighted by molar-refractivity contribution is 7.85. The third-order valence-corrected chi connectivity index (χ3v) is 4.17. The van der Waals surface area contributed by atoms with Crippen LogP contribution in [0.1, 0.15) is 51.6 Å². The summed E-state index contributed by atoms with van der Waals surface area (Å²) in [5.74, 6) is 2.14. The smallest absolute Gasteiger partial charge is 0.0643 e. The van der Waals surface area contributed by atoms with Crippen LogP contribution in [0.5, 0.6) is 0 Å². The van der Waals surface area contributed by atoms with Gasteiger partial charge < -0.3 is 0 Å². The molecule has 2 rings (SSSR count). The van der Waals surface area contributed by atoms with Gasteiger partial charge in [-0.05, 0) is 17.9 Å². The van der Waals surface area contributed by atoms with Crippen molar-refractivity contribution >= 4 is 10.8 Å². The summed E-state index contributed by atoms with van der Waals surface area (Å²) in [6.45, 7) is 8.32. The van der Waals surface area contributed by atoms with Gasteiger partial charge in [0.25, 0.3) is 0 Å². The third-order valence-electron chi connectivity index (χ3n) is 2.72. The minimum Gasteiger partial charge on any atom is -0.268 e. The molecule has 1 aliphatic rings. The molecule has 0 N–H and O–H groups in total. The van der Waals surface area contributed by atoms with E-state index in [1.807, 2.05) is 24.7 Å². The van der Waals surface area contributed by atoms with E-state index < -0.39 is 10.8 Å². The Kier molecular flexibility index (Phi) is 5.19. The topological polar surface area (TPSA) is 34.9 Å². The molecule has 1 aromatic heterocycles. The van der Waals surface area contributed by atoms with Gasteiger partial charge in [-0.1, -0.05) is 27.7 Å². The standard InChI is InChI=1S/C10H16N2OS.C2H6/c1-8(2)9-5-11-12(6-9)10-3-4-14(13)7-10;1-2/h5-6,8,10H,3-4,7H2,1-2H3;1-2H3. The van der Waals surface area contributed by atoms with Crippen LogP contribution in [-0.2, 0) is 10.8 Å². The van der Waals surface area contributed by atoms with Crippen LogP contribution in [-0.4, -0.2) is 25.5 Å². The number of hydrogen-bond donors (Lipinski definition) is 0. The predicted octanol–water partition coefficient (Wildman–Crippen LogP) is 2.73. The first-order valence-electron chi connectivity index (χ1n) is 6.06. The molecule has 2 atom stereocenters. The Hall–Kier alpha value is -0.640. The summed E-state index contributed by atoms with van der Waals surface area (Å²) < 4.78 is 13.2. The highest BCUT2D eigenvalue weighted by atomic mass is 32.2. The van der Waals surface area contributed by atoms with Gasteiger partial charge in [0.15, 0.2) is 0 Å². The van der Waals surface area contributed by atoms with Crippen LogP contribution in [0, 0.1) is 0 Å². The van der Waals surface area contributed by atoms with Crippen molar-refractivity contribution in [1.82, 2.24) is 9.78 Å². The summed E-state index contributed by atoms with van der Waals surface area (Å²) >= 11 is 0. The maximum absolute atomic E-state index is 11.2. The van der Waals surface area contributed by atoms with Crippen molar-refractivity contribution in [2.45, 2.75) is 46.1 Å². The van der Waals surface area contributed by atoms with E-state index in [1.165, 1.54) is 5.56 Å². The van der Waals surface area contributed by atoms with Crippen LogP contribution in [0.4, 0.5) is 0 Å². The second-order valence-electron chi connectivity index (χ2n) is 4.16. The van der Waals surface area contributed by atoms with Crippen molar-refractivity contribution in [2.75, 3.05) is 11.5 Å². The van der Waals surface area contributed by atoms with E-state index in [0.29, 0.717) is 12.0 Å². The molecule has 0 aromatic carbocycles. The number of aromatic nitrogens is 2. The summed E-state index contributed by atoms with van der Waals surface area (Å²) in [4.78, 5) is 0. The van der Waals surface area contributed by atoms with Crippen LogP contribution >= 0.6 is 0 Å². The molecule has 0 aliphatic carbocycles. The highest BCUT2D eigenvalue weighted by Gasteiger charge is 2.23. The van der Waals surface area contributed by atoms with E-state index in [2.05, 4.69) is 25.1 Å². The SMILES string of the molecule is CC.CC(C)c1cnn(C2CCS(=O)C2)c1. The molecule has 0 saturated carbocycles. The van der Waals surface area contributed by atoms with Crippen LogP contribution < -0.4 is 0 Å². The Labute approximate surface area is 101 Å². The lowest BCUT2D eigenvalue weighted by Gasteiger charge is -2.07. The van der Waals surface area contributed by atoms with Crippen molar-refractivity contribution in [1.29, 1.82) is 0 Å². The van der Waals surface area contributed by atoms with Gasteiger partial charge in [-0.25, -0.2) is 0 Å². The maximum atomic E-state index is 11.2. The Morgan fingerprint density at radius 1 is 1.50 bits per heavy atom. The molecule has 1 aliphatic heterocycles. The van der Waals surface area contributed by atoms with E-state index in [-0.39, 0.29) is 0 Å². The normalized spacial score (nSPS) is 24.3. The van der Waals surface area contributed by atoms with E-state index >= 15 is 0 Å². The molecule has 0 spiro atoms.